The number of nitrogens with zero attached hydrogens (tertiary/aromatic N) is 1. The summed E-state index contributed by atoms with van der Waals surface area (Å²) in [4.78, 5) is 31.6. The van der Waals surface area contributed by atoms with Crippen molar-refractivity contribution in [3.05, 3.63) is 75.7 Å². The van der Waals surface area contributed by atoms with Gasteiger partial charge in [-0.15, -0.1) is 11.3 Å². The summed E-state index contributed by atoms with van der Waals surface area (Å²) >= 11 is 1.61. The Morgan fingerprint density at radius 2 is 1.92 bits per heavy atom. The Morgan fingerprint density at radius 3 is 2.59 bits per heavy atom. The van der Waals surface area contributed by atoms with Gasteiger partial charge in [-0.2, -0.15) is 0 Å². The molecule has 3 aromatic rings. The minimum Gasteiger partial charge on any atom is -0.497 e. The standard InChI is InChI=1S/C30H34N2O4S/c1-6-36-29(34)20-10-13-22(14-11-20)32-27(33)26-24-15-12-21(30(2,3)4)17-25(24)37-28(26)31-18-19-8-7-9-23(16-19)35-5/h7-11,13-14,16,18,21H,6,12,15,17H2,1-5H3,(H,32,33)/b31-18-. The molecule has 1 amide bonds. The zero-order valence-corrected chi connectivity index (χ0v) is 22.9. The molecule has 0 aliphatic heterocycles. The second-order valence-corrected chi connectivity index (χ2v) is 11.4. The summed E-state index contributed by atoms with van der Waals surface area (Å²) in [5, 5.41) is 3.72. The first-order valence-electron chi connectivity index (χ1n) is 12.6. The first kappa shape index (κ1) is 26.6. The fourth-order valence-electron chi connectivity index (χ4n) is 4.59. The lowest BCUT2D eigenvalue weighted by Gasteiger charge is -2.33. The van der Waals surface area contributed by atoms with Crippen LogP contribution < -0.4 is 10.1 Å². The van der Waals surface area contributed by atoms with Crippen molar-refractivity contribution in [2.75, 3.05) is 19.0 Å². The fourth-order valence-corrected chi connectivity index (χ4v) is 5.86. The van der Waals surface area contributed by atoms with Gasteiger partial charge in [-0.05, 0) is 85.0 Å². The molecule has 6 nitrogen and oxygen atoms in total. The molecule has 7 heteroatoms. The summed E-state index contributed by atoms with van der Waals surface area (Å²) in [6.07, 6.45) is 4.63. The van der Waals surface area contributed by atoms with Gasteiger partial charge in [0.2, 0.25) is 0 Å². The van der Waals surface area contributed by atoms with Crippen molar-refractivity contribution in [2.24, 2.45) is 16.3 Å². The van der Waals surface area contributed by atoms with E-state index >= 15 is 0 Å². The number of amides is 1. The number of aliphatic imine (C=N–C) groups is 1. The van der Waals surface area contributed by atoms with Gasteiger partial charge in [0.1, 0.15) is 10.8 Å². The summed E-state index contributed by atoms with van der Waals surface area (Å²) in [7, 11) is 1.64. The fraction of sp³-hybridized carbons (Fsp3) is 0.367. The number of carbonyl (C=O) groups excluding carboxylic acids is 2. The SMILES string of the molecule is CCOC(=O)c1ccc(NC(=O)c2c(/N=C\c3cccc(OC)c3)sc3c2CCC(C(C)(C)C)C3)cc1. The van der Waals surface area contributed by atoms with Crippen molar-refractivity contribution >= 4 is 40.1 Å². The maximum absolute atomic E-state index is 13.6. The summed E-state index contributed by atoms with van der Waals surface area (Å²) in [6, 6.07) is 14.4. The van der Waals surface area contributed by atoms with Gasteiger partial charge in [0.25, 0.3) is 5.91 Å². The zero-order chi connectivity index (χ0) is 26.6. The first-order chi connectivity index (χ1) is 17.7. The van der Waals surface area contributed by atoms with Gasteiger partial charge in [0.05, 0.1) is 24.8 Å². The van der Waals surface area contributed by atoms with Crippen LogP contribution in [0.15, 0.2) is 53.5 Å². The van der Waals surface area contributed by atoms with Crippen LogP contribution in [-0.4, -0.2) is 31.8 Å². The maximum atomic E-state index is 13.6. The van der Waals surface area contributed by atoms with Crippen LogP contribution in [0.1, 0.15) is 70.8 Å². The number of methoxy groups -OCH3 is 1. The quantitative estimate of drug-likeness (QED) is 0.268. The van der Waals surface area contributed by atoms with Crippen molar-refractivity contribution < 1.29 is 19.1 Å². The van der Waals surface area contributed by atoms with Crippen LogP contribution in [0.25, 0.3) is 0 Å². The molecule has 0 spiro atoms. The molecule has 1 aliphatic carbocycles. The smallest absolute Gasteiger partial charge is 0.338 e. The van der Waals surface area contributed by atoms with Crippen LogP contribution >= 0.6 is 11.3 Å². The van der Waals surface area contributed by atoms with E-state index in [1.807, 2.05) is 24.3 Å². The first-order valence-corrected chi connectivity index (χ1v) is 13.4. The van der Waals surface area contributed by atoms with E-state index in [-0.39, 0.29) is 17.3 Å². The number of nitrogens with one attached hydrogen (secondary N) is 1. The van der Waals surface area contributed by atoms with Crippen molar-refractivity contribution in [1.29, 1.82) is 0 Å². The second-order valence-electron chi connectivity index (χ2n) is 10.3. The molecule has 1 atom stereocenters. The van der Waals surface area contributed by atoms with E-state index in [9.17, 15) is 9.59 Å². The molecule has 4 rings (SSSR count). The van der Waals surface area contributed by atoms with E-state index in [1.165, 1.54) is 4.88 Å². The molecule has 0 saturated carbocycles. The number of rotatable bonds is 7. The number of fused-ring (bicyclic) bond motifs is 1. The molecule has 0 bridgehead atoms. The number of esters is 1. The summed E-state index contributed by atoms with van der Waals surface area (Å²) < 4.78 is 10.4. The van der Waals surface area contributed by atoms with Gasteiger partial charge in [-0.1, -0.05) is 32.9 Å². The average molecular weight is 519 g/mol. The number of hydrogen-bond acceptors (Lipinski definition) is 6. The Bertz CT molecular complexity index is 1300. The van der Waals surface area contributed by atoms with E-state index < -0.39 is 0 Å². The summed E-state index contributed by atoms with van der Waals surface area (Å²) in [5.74, 6) is 0.745. The highest BCUT2D eigenvalue weighted by atomic mass is 32.1. The molecule has 194 valence electrons. The topological polar surface area (TPSA) is 77.0 Å². The predicted molar refractivity (Wildman–Crippen MR) is 150 cm³/mol. The maximum Gasteiger partial charge on any atom is 0.338 e. The van der Waals surface area contributed by atoms with Crippen LogP contribution in [0.3, 0.4) is 0 Å². The third kappa shape index (κ3) is 6.28. The van der Waals surface area contributed by atoms with E-state index in [1.54, 1.807) is 55.9 Å². The molecule has 0 fully saturated rings. The van der Waals surface area contributed by atoms with Crippen molar-refractivity contribution in [3.8, 4) is 5.75 Å². The third-order valence-electron chi connectivity index (χ3n) is 6.78. The second kappa shape index (κ2) is 11.3. The number of thiophene rings is 1. The van der Waals surface area contributed by atoms with Crippen LogP contribution in [0.5, 0.6) is 5.75 Å². The Morgan fingerprint density at radius 1 is 1.16 bits per heavy atom. The molecular weight excluding hydrogens is 484 g/mol. The molecule has 1 N–H and O–H groups in total. The van der Waals surface area contributed by atoms with Gasteiger partial charge < -0.3 is 14.8 Å². The number of hydrogen-bond donors (Lipinski definition) is 1. The molecule has 1 aliphatic rings. The predicted octanol–water partition coefficient (Wildman–Crippen LogP) is 7.09. The van der Waals surface area contributed by atoms with Crippen LogP contribution in [-0.2, 0) is 17.6 Å². The Balaban J connectivity index is 1.64. The number of anilines is 1. The molecule has 2 aromatic carbocycles. The molecule has 0 radical (unpaired) electrons. The van der Waals surface area contributed by atoms with Gasteiger partial charge in [0.15, 0.2) is 0 Å². The molecule has 0 saturated heterocycles. The van der Waals surface area contributed by atoms with Gasteiger partial charge in [-0.25, -0.2) is 9.79 Å². The van der Waals surface area contributed by atoms with E-state index in [4.69, 9.17) is 14.5 Å². The zero-order valence-electron chi connectivity index (χ0n) is 22.1. The Hall–Kier alpha value is -3.45. The van der Waals surface area contributed by atoms with Crippen LogP contribution in [0.4, 0.5) is 10.7 Å². The van der Waals surface area contributed by atoms with Crippen LogP contribution in [0.2, 0.25) is 0 Å². The molecular formula is C30H34N2O4S. The van der Waals surface area contributed by atoms with E-state index in [0.29, 0.717) is 34.3 Å². The lowest BCUT2D eigenvalue weighted by molar-refractivity contribution is 0.0526. The monoisotopic (exact) mass is 518 g/mol. The lowest BCUT2D eigenvalue weighted by atomic mass is 9.72. The number of carbonyl (C=O) groups is 2. The van der Waals surface area contributed by atoms with E-state index in [0.717, 1.165) is 36.1 Å². The third-order valence-corrected chi connectivity index (χ3v) is 7.94. The molecule has 1 aromatic heterocycles. The Labute approximate surface area is 222 Å². The van der Waals surface area contributed by atoms with Crippen LogP contribution in [0, 0.1) is 11.3 Å². The average Bonchev–Trinajstić information content (AvgIpc) is 3.25. The molecule has 37 heavy (non-hydrogen) atoms. The summed E-state index contributed by atoms with van der Waals surface area (Å²) in [5.41, 5.74) is 3.91. The number of ether oxygens (including phenoxy) is 2. The van der Waals surface area contributed by atoms with Gasteiger partial charge >= 0.3 is 5.97 Å². The largest absolute Gasteiger partial charge is 0.497 e. The highest BCUT2D eigenvalue weighted by Gasteiger charge is 2.33. The molecule has 1 heterocycles. The highest BCUT2D eigenvalue weighted by Crippen LogP contribution is 2.45. The van der Waals surface area contributed by atoms with Gasteiger partial charge in [0, 0.05) is 16.8 Å². The normalized spacial score (nSPS) is 15.3. The lowest BCUT2D eigenvalue weighted by Crippen LogP contribution is -2.27. The van der Waals surface area contributed by atoms with E-state index in [2.05, 4.69) is 26.1 Å². The van der Waals surface area contributed by atoms with Gasteiger partial charge in [-0.3, -0.25) is 4.79 Å². The highest BCUT2D eigenvalue weighted by molar-refractivity contribution is 7.16. The minimum atomic E-state index is -0.380. The minimum absolute atomic E-state index is 0.187. The van der Waals surface area contributed by atoms with Crippen molar-refractivity contribution in [2.45, 2.75) is 47.0 Å². The summed E-state index contributed by atoms with van der Waals surface area (Å²) in [6.45, 7) is 8.94. The Kier molecular flexibility index (Phi) is 8.13. The molecule has 1 unspecified atom stereocenters. The number of benzene rings is 2. The van der Waals surface area contributed by atoms with Crippen molar-refractivity contribution in [3.63, 3.8) is 0 Å². The van der Waals surface area contributed by atoms with Crippen molar-refractivity contribution in [1.82, 2.24) is 0 Å².